The zero-order chi connectivity index (χ0) is 18.1. The van der Waals surface area contributed by atoms with Gasteiger partial charge in [0.2, 0.25) is 0 Å². The van der Waals surface area contributed by atoms with E-state index in [1.54, 1.807) is 0 Å². The van der Waals surface area contributed by atoms with E-state index in [0.717, 1.165) is 24.3 Å². The molecule has 0 spiro atoms. The first-order valence-corrected chi connectivity index (χ1v) is 6.31. The van der Waals surface area contributed by atoms with Crippen LogP contribution in [0.3, 0.4) is 0 Å². The molecule has 0 heterocycles. The van der Waals surface area contributed by atoms with Crippen molar-refractivity contribution >= 4 is 0 Å². The van der Waals surface area contributed by atoms with Crippen LogP contribution in [0.2, 0.25) is 0 Å². The van der Waals surface area contributed by atoms with Crippen molar-refractivity contribution in [2.45, 2.75) is 12.4 Å². The van der Waals surface area contributed by atoms with Gasteiger partial charge in [-0.2, -0.15) is 36.9 Å². The fourth-order valence-corrected chi connectivity index (χ4v) is 2.22. The standard InChI is InChI=1S/C16H6F6N2/c17-15(18,19)13-3-1-2-10(12(13)8-24)11-5-4-9(7-23)6-14(11)16(20,21)22/h1-6H. The van der Waals surface area contributed by atoms with Crippen LogP contribution in [0.1, 0.15) is 22.3 Å². The fourth-order valence-electron chi connectivity index (χ4n) is 2.22. The van der Waals surface area contributed by atoms with Crippen molar-refractivity contribution in [1.82, 2.24) is 0 Å². The quantitative estimate of drug-likeness (QED) is 0.675. The van der Waals surface area contributed by atoms with Gasteiger partial charge in [-0.3, -0.25) is 0 Å². The third kappa shape index (κ3) is 3.18. The summed E-state index contributed by atoms with van der Waals surface area (Å²) in [6, 6.07) is 7.89. The van der Waals surface area contributed by atoms with Gasteiger partial charge in [0.25, 0.3) is 0 Å². The smallest absolute Gasteiger partial charge is 0.192 e. The summed E-state index contributed by atoms with van der Waals surface area (Å²) in [5, 5.41) is 17.8. The number of hydrogen-bond donors (Lipinski definition) is 0. The first-order chi connectivity index (χ1) is 11.1. The summed E-state index contributed by atoms with van der Waals surface area (Å²) in [6.45, 7) is 0. The topological polar surface area (TPSA) is 47.6 Å². The molecule has 0 radical (unpaired) electrons. The molecule has 0 unspecified atom stereocenters. The number of hydrogen-bond acceptors (Lipinski definition) is 2. The molecule has 122 valence electrons. The van der Waals surface area contributed by atoms with Crippen molar-refractivity contribution in [3.63, 3.8) is 0 Å². The first kappa shape index (κ1) is 17.4. The predicted octanol–water partition coefficient (Wildman–Crippen LogP) is 5.13. The van der Waals surface area contributed by atoms with E-state index in [1.807, 2.05) is 0 Å². The van der Waals surface area contributed by atoms with Gasteiger partial charge in [0.15, 0.2) is 0 Å². The Balaban J connectivity index is 2.84. The molecule has 0 bridgehead atoms. The van der Waals surface area contributed by atoms with Crippen LogP contribution in [-0.2, 0) is 12.4 Å². The number of rotatable bonds is 1. The van der Waals surface area contributed by atoms with Crippen molar-refractivity contribution in [2.24, 2.45) is 0 Å². The Kier molecular flexibility index (Phi) is 4.26. The molecule has 2 rings (SSSR count). The van der Waals surface area contributed by atoms with Gasteiger partial charge in [-0.1, -0.05) is 18.2 Å². The largest absolute Gasteiger partial charge is 0.417 e. The average molecular weight is 340 g/mol. The number of alkyl halides is 6. The highest BCUT2D eigenvalue weighted by Crippen LogP contribution is 2.41. The highest BCUT2D eigenvalue weighted by molar-refractivity contribution is 5.76. The van der Waals surface area contributed by atoms with Crippen LogP contribution in [0.5, 0.6) is 0 Å². The van der Waals surface area contributed by atoms with Crippen molar-refractivity contribution < 1.29 is 26.3 Å². The lowest BCUT2D eigenvalue weighted by molar-refractivity contribution is -0.138. The number of nitrogens with zero attached hydrogens (tertiary/aromatic N) is 2. The molecule has 0 fully saturated rings. The second-order valence-electron chi connectivity index (χ2n) is 4.71. The van der Waals surface area contributed by atoms with Gasteiger partial charge < -0.3 is 0 Å². The minimum absolute atomic E-state index is 0.295. The summed E-state index contributed by atoms with van der Waals surface area (Å²) in [6.07, 6.45) is -9.78. The molecule has 0 N–H and O–H groups in total. The molecule has 8 heteroatoms. The Hall–Kier alpha value is -3.00. The van der Waals surface area contributed by atoms with E-state index >= 15 is 0 Å². The zero-order valence-corrected chi connectivity index (χ0v) is 11.6. The molecular weight excluding hydrogens is 334 g/mol. The van der Waals surface area contributed by atoms with Gasteiger partial charge in [-0.25, -0.2) is 0 Å². The minimum Gasteiger partial charge on any atom is -0.192 e. The summed E-state index contributed by atoms with van der Waals surface area (Å²) >= 11 is 0. The van der Waals surface area contributed by atoms with E-state index in [0.29, 0.717) is 12.1 Å². The predicted molar refractivity (Wildman–Crippen MR) is 71.3 cm³/mol. The first-order valence-electron chi connectivity index (χ1n) is 6.31. The summed E-state index contributed by atoms with van der Waals surface area (Å²) in [4.78, 5) is 0. The van der Waals surface area contributed by atoms with Gasteiger partial charge in [-0.15, -0.1) is 0 Å². The normalized spacial score (nSPS) is 11.7. The van der Waals surface area contributed by atoms with Crippen molar-refractivity contribution in [2.75, 3.05) is 0 Å². The Morgan fingerprint density at radius 1 is 0.708 bits per heavy atom. The van der Waals surface area contributed by atoms with Crippen molar-refractivity contribution in [1.29, 1.82) is 10.5 Å². The zero-order valence-electron chi connectivity index (χ0n) is 11.6. The monoisotopic (exact) mass is 340 g/mol. The van der Waals surface area contributed by atoms with Crippen LogP contribution < -0.4 is 0 Å². The SMILES string of the molecule is N#Cc1ccc(-c2cccc(C(F)(F)F)c2C#N)c(C(F)(F)F)c1. The Labute approximate surface area is 132 Å². The molecule has 0 saturated heterocycles. The second kappa shape index (κ2) is 5.89. The van der Waals surface area contributed by atoms with Crippen LogP contribution in [-0.4, -0.2) is 0 Å². The molecule has 0 amide bonds. The van der Waals surface area contributed by atoms with E-state index in [9.17, 15) is 26.3 Å². The van der Waals surface area contributed by atoms with E-state index in [4.69, 9.17) is 10.5 Å². The van der Waals surface area contributed by atoms with Gasteiger partial charge in [0, 0.05) is 5.56 Å². The average Bonchev–Trinajstić information content (AvgIpc) is 2.51. The molecule has 2 aromatic rings. The highest BCUT2D eigenvalue weighted by atomic mass is 19.4. The van der Waals surface area contributed by atoms with Crippen LogP contribution in [0.4, 0.5) is 26.3 Å². The highest BCUT2D eigenvalue weighted by Gasteiger charge is 2.37. The maximum atomic E-state index is 13.2. The third-order valence-corrected chi connectivity index (χ3v) is 3.23. The molecule has 24 heavy (non-hydrogen) atoms. The molecule has 0 saturated carbocycles. The van der Waals surface area contributed by atoms with E-state index in [2.05, 4.69) is 0 Å². The van der Waals surface area contributed by atoms with E-state index in [1.165, 1.54) is 12.1 Å². The molecular formula is C16H6F6N2. The minimum atomic E-state index is -4.90. The van der Waals surface area contributed by atoms with Crippen LogP contribution in [0.25, 0.3) is 11.1 Å². The number of benzene rings is 2. The van der Waals surface area contributed by atoms with E-state index in [-0.39, 0.29) is 5.56 Å². The van der Waals surface area contributed by atoms with Gasteiger partial charge in [-0.05, 0) is 23.8 Å². The van der Waals surface area contributed by atoms with Crippen LogP contribution in [0.15, 0.2) is 36.4 Å². The maximum Gasteiger partial charge on any atom is 0.417 e. The molecule has 2 nitrogen and oxygen atoms in total. The number of nitriles is 2. The molecule has 2 aromatic carbocycles. The van der Waals surface area contributed by atoms with Gasteiger partial charge in [0.05, 0.1) is 28.3 Å². The number of halogens is 6. The van der Waals surface area contributed by atoms with Gasteiger partial charge >= 0.3 is 12.4 Å². The summed E-state index contributed by atoms with van der Waals surface area (Å²) in [7, 11) is 0. The Morgan fingerprint density at radius 3 is 1.83 bits per heavy atom. The van der Waals surface area contributed by atoms with E-state index < -0.39 is 40.2 Å². The molecule has 0 aliphatic heterocycles. The Bertz CT molecular complexity index is 866. The van der Waals surface area contributed by atoms with Gasteiger partial charge in [0.1, 0.15) is 6.07 Å². The lowest BCUT2D eigenvalue weighted by Gasteiger charge is -2.16. The lowest BCUT2D eigenvalue weighted by Crippen LogP contribution is -2.11. The van der Waals surface area contributed by atoms with Crippen molar-refractivity contribution in [3.8, 4) is 23.3 Å². The molecule has 0 aliphatic rings. The summed E-state index contributed by atoms with van der Waals surface area (Å²) in [5.74, 6) is 0. The second-order valence-corrected chi connectivity index (χ2v) is 4.71. The summed E-state index contributed by atoms with van der Waals surface area (Å²) in [5.41, 5.74) is -4.89. The van der Waals surface area contributed by atoms with Crippen LogP contribution >= 0.6 is 0 Å². The Morgan fingerprint density at radius 2 is 1.33 bits per heavy atom. The fraction of sp³-hybridized carbons (Fsp3) is 0.125. The van der Waals surface area contributed by atoms with Crippen LogP contribution in [0, 0.1) is 22.7 Å². The summed E-state index contributed by atoms with van der Waals surface area (Å²) < 4.78 is 78.5. The molecule has 0 aliphatic carbocycles. The van der Waals surface area contributed by atoms with Crippen molar-refractivity contribution in [3.05, 3.63) is 58.7 Å². The molecule has 0 aromatic heterocycles. The molecule has 0 atom stereocenters. The maximum absolute atomic E-state index is 13.2. The third-order valence-electron chi connectivity index (χ3n) is 3.23. The lowest BCUT2D eigenvalue weighted by atomic mass is 9.91.